The molecule has 2 rings (SSSR count). The van der Waals surface area contributed by atoms with E-state index in [1.807, 2.05) is 39.8 Å². The van der Waals surface area contributed by atoms with E-state index in [2.05, 4.69) is 20.8 Å². The molecule has 0 bridgehead atoms. The summed E-state index contributed by atoms with van der Waals surface area (Å²) in [4.78, 5) is 23.4. The van der Waals surface area contributed by atoms with Gasteiger partial charge in [0.15, 0.2) is 4.34 Å². The molecule has 1 aromatic heterocycles. The summed E-state index contributed by atoms with van der Waals surface area (Å²) in [5.41, 5.74) is 4.11. The van der Waals surface area contributed by atoms with Crippen LogP contribution in [0.25, 0.3) is 0 Å². The van der Waals surface area contributed by atoms with E-state index in [4.69, 9.17) is 0 Å². The number of carbonyl (C=O) groups is 2. The Labute approximate surface area is 149 Å². The summed E-state index contributed by atoms with van der Waals surface area (Å²) >= 11 is 2.57. The van der Waals surface area contributed by atoms with Crippen molar-refractivity contribution in [2.45, 2.75) is 44.2 Å². The van der Waals surface area contributed by atoms with Gasteiger partial charge in [0.25, 0.3) is 0 Å². The lowest BCUT2D eigenvalue weighted by Crippen LogP contribution is -2.23. The van der Waals surface area contributed by atoms with Crippen LogP contribution in [0.15, 0.2) is 16.5 Å². The monoisotopic (exact) mass is 364 g/mol. The van der Waals surface area contributed by atoms with Gasteiger partial charge in [-0.3, -0.25) is 9.59 Å². The molecule has 0 unspecified atom stereocenters. The molecule has 1 aromatic carbocycles. The van der Waals surface area contributed by atoms with Crippen LogP contribution in [0.2, 0.25) is 0 Å². The summed E-state index contributed by atoms with van der Waals surface area (Å²) in [6.45, 7) is 9.23. The summed E-state index contributed by atoms with van der Waals surface area (Å²) < 4.78 is 0.638. The maximum Gasteiger partial charge on any atom is 0.237 e. The maximum absolute atomic E-state index is 12.4. The van der Waals surface area contributed by atoms with Crippen molar-refractivity contribution < 1.29 is 9.59 Å². The molecule has 0 aliphatic heterocycles. The third-order valence-electron chi connectivity index (χ3n) is 3.26. The first-order valence-corrected chi connectivity index (χ1v) is 9.12. The minimum Gasteiger partial charge on any atom is -0.325 e. The van der Waals surface area contributed by atoms with E-state index in [-0.39, 0.29) is 17.1 Å². The molecule has 2 aromatic rings. The molecule has 2 N–H and O–H groups in total. The summed E-state index contributed by atoms with van der Waals surface area (Å²) in [6.07, 6.45) is 0. The Morgan fingerprint density at radius 1 is 1.12 bits per heavy atom. The predicted molar refractivity (Wildman–Crippen MR) is 98.8 cm³/mol. The molecule has 0 fully saturated rings. The lowest BCUT2D eigenvalue weighted by Gasteiger charge is -2.15. The van der Waals surface area contributed by atoms with Gasteiger partial charge in [-0.15, -0.1) is 10.2 Å². The number of nitrogens with one attached hydrogen (secondary N) is 2. The number of nitrogens with zero attached hydrogens (tertiary/aromatic N) is 2. The number of thioether (sulfide) groups is 1. The van der Waals surface area contributed by atoms with Gasteiger partial charge in [0, 0.05) is 12.6 Å². The molecule has 0 aliphatic carbocycles. The third kappa shape index (κ3) is 4.78. The zero-order valence-corrected chi connectivity index (χ0v) is 15.9. The van der Waals surface area contributed by atoms with E-state index in [0.29, 0.717) is 9.47 Å². The molecule has 1 heterocycles. The second-order valence-corrected chi connectivity index (χ2v) is 8.14. The van der Waals surface area contributed by atoms with Gasteiger partial charge < -0.3 is 10.6 Å². The maximum atomic E-state index is 12.4. The lowest BCUT2D eigenvalue weighted by molar-refractivity contribution is -0.115. The molecule has 0 spiro atoms. The Morgan fingerprint density at radius 3 is 2.33 bits per heavy atom. The Morgan fingerprint density at radius 2 is 1.75 bits per heavy atom. The molecular formula is C16H20N4O2S2. The highest BCUT2D eigenvalue weighted by atomic mass is 32.2. The van der Waals surface area contributed by atoms with Gasteiger partial charge in [-0.05, 0) is 38.8 Å². The predicted octanol–water partition coefficient (Wildman–Crippen LogP) is 3.54. The number of carbonyl (C=O) groups excluding carboxylic acids is 2. The van der Waals surface area contributed by atoms with Gasteiger partial charge in [0.2, 0.25) is 16.9 Å². The molecular weight excluding hydrogens is 344 g/mol. The molecule has 6 nitrogen and oxygen atoms in total. The molecule has 0 aliphatic rings. The SMILES string of the molecule is CC(=O)Nc1nnc(S[C@@H](C)C(=O)Nc2c(C)cc(C)cc2C)s1. The molecule has 8 heteroatoms. The summed E-state index contributed by atoms with van der Waals surface area (Å²) in [6, 6.07) is 4.09. The van der Waals surface area contributed by atoms with Gasteiger partial charge in [0.05, 0.1) is 5.25 Å². The summed E-state index contributed by atoms with van der Waals surface area (Å²) in [5.74, 6) is -0.287. The zero-order chi connectivity index (χ0) is 17.9. The Hall–Kier alpha value is -1.93. The van der Waals surface area contributed by atoms with Crippen LogP contribution >= 0.6 is 23.1 Å². The molecule has 24 heavy (non-hydrogen) atoms. The number of aromatic nitrogens is 2. The van der Waals surface area contributed by atoms with Gasteiger partial charge in [-0.2, -0.15) is 0 Å². The fourth-order valence-corrected chi connectivity index (χ4v) is 4.21. The standard InChI is InChI=1S/C16H20N4O2S2/c1-8-6-9(2)13(10(3)7-8)18-14(22)11(4)23-16-20-19-15(24-16)17-12(5)21/h6-7,11H,1-5H3,(H,18,22)(H,17,19,21)/t11-/m0/s1. The van der Waals surface area contributed by atoms with Crippen molar-refractivity contribution in [3.05, 3.63) is 28.8 Å². The van der Waals surface area contributed by atoms with Gasteiger partial charge in [-0.1, -0.05) is 40.8 Å². The topological polar surface area (TPSA) is 84.0 Å². The normalized spacial score (nSPS) is 11.9. The Balaban J connectivity index is 2.02. The number of benzene rings is 1. The summed E-state index contributed by atoms with van der Waals surface area (Å²) in [5, 5.41) is 13.5. The minimum atomic E-state index is -0.330. The minimum absolute atomic E-state index is 0.0914. The smallest absolute Gasteiger partial charge is 0.237 e. The summed E-state index contributed by atoms with van der Waals surface area (Å²) in [7, 11) is 0. The van der Waals surface area contributed by atoms with Gasteiger partial charge >= 0.3 is 0 Å². The van der Waals surface area contributed by atoms with Crippen LogP contribution in [-0.4, -0.2) is 27.3 Å². The van der Waals surface area contributed by atoms with Crippen LogP contribution in [0.1, 0.15) is 30.5 Å². The number of hydrogen-bond donors (Lipinski definition) is 2. The second-order valence-electron chi connectivity index (χ2n) is 5.58. The van der Waals surface area contributed by atoms with Crippen LogP contribution in [-0.2, 0) is 9.59 Å². The van der Waals surface area contributed by atoms with E-state index in [0.717, 1.165) is 16.8 Å². The van der Waals surface area contributed by atoms with Crippen molar-refractivity contribution in [3.63, 3.8) is 0 Å². The van der Waals surface area contributed by atoms with Crippen molar-refractivity contribution >= 4 is 45.7 Å². The average molecular weight is 364 g/mol. The van der Waals surface area contributed by atoms with Crippen molar-refractivity contribution in [1.29, 1.82) is 0 Å². The van der Waals surface area contributed by atoms with E-state index >= 15 is 0 Å². The number of anilines is 2. The molecule has 128 valence electrons. The Kier molecular flexibility index (Phi) is 5.95. The number of aryl methyl sites for hydroxylation is 3. The van der Waals surface area contributed by atoms with Crippen molar-refractivity contribution in [3.8, 4) is 0 Å². The quantitative estimate of drug-likeness (QED) is 0.626. The molecule has 0 radical (unpaired) electrons. The number of rotatable bonds is 5. The van der Waals surface area contributed by atoms with Crippen LogP contribution in [0, 0.1) is 20.8 Å². The third-order valence-corrected chi connectivity index (χ3v) is 5.28. The van der Waals surface area contributed by atoms with Crippen molar-refractivity contribution in [2.24, 2.45) is 0 Å². The first kappa shape index (κ1) is 18.4. The Bertz CT molecular complexity index is 750. The van der Waals surface area contributed by atoms with Crippen LogP contribution in [0.4, 0.5) is 10.8 Å². The molecule has 0 saturated heterocycles. The van der Waals surface area contributed by atoms with E-state index in [1.165, 1.54) is 35.6 Å². The molecule has 1 atom stereocenters. The fraction of sp³-hybridized carbons (Fsp3) is 0.375. The van der Waals surface area contributed by atoms with Gasteiger partial charge in [0.1, 0.15) is 0 Å². The van der Waals surface area contributed by atoms with Crippen LogP contribution < -0.4 is 10.6 Å². The van der Waals surface area contributed by atoms with E-state index < -0.39 is 0 Å². The highest BCUT2D eigenvalue weighted by Crippen LogP contribution is 2.30. The lowest BCUT2D eigenvalue weighted by atomic mass is 10.1. The molecule has 2 amide bonds. The van der Waals surface area contributed by atoms with E-state index in [9.17, 15) is 9.59 Å². The first-order valence-electron chi connectivity index (χ1n) is 7.42. The zero-order valence-electron chi connectivity index (χ0n) is 14.3. The highest BCUT2D eigenvalue weighted by molar-refractivity contribution is 8.02. The van der Waals surface area contributed by atoms with E-state index in [1.54, 1.807) is 0 Å². The molecule has 0 saturated carbocycles. The van der Waals surface area contributed by atoms with Gasteiger partial charge in [-0.25, -0.2) is 0 Å². The first-order chi connectivity index (χ1) is 11.3. The van der Waals surface area contributed by atoms with Crippen molar-refractivity contribution in [2.75, 3.05) is 10.6 Å². The van der Waals surface area contributed by atoms with Crippen LogP contribution in [0.3, 0.4) is 0 Å². The van der Waals surface area contributed by atoms with Crippen LogP contribution in [0.5, 0.6) is 0 Å². The highest BCUT2D eigenvalue weighted by Gasteiger charge is 2.19. The number of hydrogen-bond acceptors (Lipinski definition) is 6. The average Bonchev–Trinajstić information content (AvgIpc) is 2.88. The fourth-order valence-electron chi connectivity index (χ4n) is 2.27. The second kappa shape index (κ2) is 7.76. The number of amides is 2. The van der Waals surface area contributed by atoms with Crippen molar-refractivity contribution in [1.82, 2.24) is 10.2 Å². The largest absolute Gasteiger partial charge is 0.325 e.